The van der Waals surface area contributed by atoms with Crippen molar-refractivity contribution in [1.82, 2.24) is 5.32 Å². The number of hydrogen-bond donors (Lipinski definition) is 2. The van der Waals surface area contributed by atoms with Crippen molar-refractivity contribution < 1.29 is 14.6 Å². The molecule has 1 aromatic carbocycles. The first kappa shape index (κ1) is 14.8. The minimum Gasteiger partial charge on any atom is -0.493 e. The number of aliphatic hydroxyl groups excluding tert-OH is 1. The molecule has 0 bridgehead atoms. The van der Waals surface area contributed by atoms with Crippen LogP contribution in [0, 0.1) is 0 Å². The van der Waals surface area contributed by atoms with Crippen LogP contribution in [-0.4, -0.2) is 31.5 Å². The van der Waals surface area contributed by atoms with Crippen LogP contribution in [0.2, 0.25) is 0 Å². The number of rotatable bonds is 8. The van der Waals surface area contributed by atoms with Gasteiger partial charge in [0.05, 0.1) is 19.8 Å². The topological polar surface area (TPSA) is 50.7 Å². The van der Waals surface area contributed by atoms with Gasteiger partial charge in [0.2, 0.25) is 0 Å². The molecule has 0 saturated heterocycles. The van der Waals surface area contributed by atoms with Gasteiger partial charge in [0.15, 0.2) is 11.5 Å². The molecule has 2 N–H and O–H groups in total. The number of ether oxygens (including phenoxy) is 2. The highest BCUT2D eigenvalue weighted by molar-refractivity contribution is 5.43. The summed E-state index contributed by atoms with van der Waals surface area (Å²) in [5, 5.41) is 11.8. The van der Waals surface area contributed by atoms with E-state index in [9.17, 15) is 0 Å². The predicted octanol–water partition coefficient (Wildman–Crippen LogP) is 1.95. The third-order valence-corrected chi connectivity index (χ3v) is 2.75. The maximum atomic E-state index is 8.71. The van der Waals surface area contributed by atoms with Gasteiger partial charge in [0.25, 0.3) is 0 Å². The van der Waals surface area contributed by atoms with Crippen molar-refractivity contribution in [3.8, 4) is 11.5 Å². The van der Waals surface area contributed by atoms with Crippen molar-refractivity contribution in [1.29, 1.82) is 0 Å². The fourth-order valence-corrected chi connectivity index (χ4v) is 1.53. The predicted molar refractivity (Wildman–Crippen MR) is 72.2 cm³/mol. The highest BCUT2D eigenvalue weighted by Gasteiger charge is 2.08. The second-order valence-corrected chi connectivity index (χ2v) is 4.22. The van der Waals surface area contributed by atoms with Crippen LogP contribution in [0.1, 0.15) is 25.8 Å². The van der Waals surface area contributed by atoms with Crippen LogP contribution in [-0.2, 0) is 6.54 Å². The molecule has 0 aromatic heterocycles. The lowest BCUT2D eigenvalue weighted by Gasteiger charge is -2.16. The summed E-state index contributed by atoms with van der Waals surface area (Å²) in [7, 11) is 1.64. The maximum absolute atomic E-state index is 8.71. The van der Waals surface area contributed by atoms with Gasteiger partial charge < -0.3 is 19.9 Å². The molecule has 1 aromatic rings. The Kier molecular flexibility index (Phi) is 6.54. The molecule has 1 atom stereocenters. The third-order valence-electron chi connectivity index (χ3n) is 2.75. The van der Waals surface area contributed by atoms with Crippen molar-refractivity contribution in [3.05, 3.63) is 23.8 Å². The average molecular weight is 253 g/mol. The molecule has 102 valence electrons. The van der Waals surface area contributed by atoms with Crippen molar-refractivity contribution in [2.75, 3.05) is 20.3 Å². The number of methoxy groups -OCH3 is 1. The van der Waals surface area contributed by atoms with Gasteiger partial charge in [-0.2, -0.15) is 0 Å². The zero-order chi connectivity index (χ0) is 13.4. The molecule has 0 fully saturated rings. The second-order valence-electron chi connectivity index (χ2n) is 4.22. The minimum atomic E-state index is 0.145. The Balaban J connectivity index is 2.70. The zero-order valence-electron chi connectivity index (χ0n) is 11.4. The third kappa shape index (κ3) is 4.55. The van der Waals surface area contributed by atoms with Crippen LogP contribution >= 0.6 is 0 Å². The molecule has 4 nitrogen and oxygen atoms in total. The van der Waals surface area contributed by atoms with E-state index in [1.54, 1.807) is 7.11 Å². The van der Waals surface area contributed by atoms with Crippen molar-refractivity contribution >= 4 is 0 Å². The summed E-state index contributed by atoms with van der Waals surface area (Å²) in [6, 6.07) is 5.90. The number of aliphatic hydroxyl groups is 1. The molecule has 0 saturated carbocycles. The Morgan fingerprint density at radius 2 is 2.11 bits per heavy atom. The smallest absolute Gasteiger partial charge is 0.161 e. The average Bonchev–Trinajstić information content (AvgIpc) is 2.40. The molecule has 0 aliphatic rings. The van der Waals surface area contributed by atoms with Crippen molar-refractivity contribution in [2.45, 2.75) is 32.9 Å². The molecule has 4 heteroatoms. The summed E-state index contributed by atoms with van der Waals surface area (Å²) < 4.78 is 11.1. The molecule has 18 heavy (non-hydrogen) atoms. The van der Waals surface area contributed by atoms with E-state index in [2.05, 4.69) is 12.2 Å². The lowest BCUT2D eigenvalue weighted by molar-refractivity contribution is 0.207. The number of hydrogen-bond acceptors (Lipinski definition) is 4. The molecule has 1 unspecified atom stereocenters. The first-order valence-electron chi connectivity index (χ1n) is 6.36. The second kappa shape index (κ2) is 7.95. The molecule has 0 aliphatic carbocycles. The van der Waals surface area contributed by atoms with Gasteiger partial charge >= 0.3 is 0 Å². The molecule has 0 aliphatic heterocycles. The summed E-state index contributed by atoms with van der Waals surface area (Å²) >= 11 is 0. The van der Waals surface area contributed by atoms with E-state index in [0.717, 1.165) is 23.5 Å². The van der Waals surface area contributed by atoms with Gasteiger partial charge in [-0.15, -0.1) is 0 Å². The highest BCUT2D eigenvalue weighted by Crippen LogP contribution is 2.29. The van der Waals surface area contributed by atoms with Gasteiger partial charge in [-0.1, -0.05) is 13.0 Å². The Morgan fingerprint density at radius 1 is 1.33 bits per heavy atom. The molecule has 0 heterocycles. The summed E-state index contributed by atoms with van der Waals surface area (Å²) in [4.78, 5) is 0. The van der Waals surface area contributed by atoms with Gasteiger partial charge in [0, 0.05) is 13.1 Å². The first-order chi connectivity index (χ1) is 8.71. The van der Waals surface area contributed by atoms with E-state index in [1.807, 2.05) is 25.1 Å². The zero-order valence-corrected chi connectivity index (χ0v) is 11.4. The van der Waals surface area contributed by atoms with Crippen molar-refractivity contribution in [3.63, 3.8) is 0 Å². The molecule has 1 rings (SSSR count). The molecule has 0 amide bonds. The minimum absolute atomic E-state index is 0.145. The summed E-state index contributed by atoms with van der Waals surface area (Å²) in [5.41, 5.74) is 1.11. The highest BCUT2D eigenvalue weighted by atomic mass is 16.5. The molecule has 0 radical (unpaired) electrons. The summed E-state index contributed by atoms with van der Waals surface area (Å²) in [6.45, 7) is 5.57. The maximum Gasteiger partial charge on any atom is 0.161 e. The van der Waals surface area contributed by atoms with E-state index in [4.69, 9.17) is 14.6 Å². The normalized spacial score (nSPS) is 12.2. The number of nitrogens with one attached hydrogen (secondary N) is 1. The van der Waals surface area contributed by atoms with Crippen LogP contribution in [0.15, 0.2) is 18.2 Å². The molecular formula is C14H23NO3. The van der Waals surface area contributed by atoms with E-state index in [-0.39, 0.29) is 12.7 Å². The van der Waals surface area contributed by atoms with Gasteiger partial charge in [-0.25, -0.2) is 0 Å². The standard InChI is InChI=1S/C14H23NO3/c1-4-11(2)18-13-6-5-12(9-14(13)17-3)10-15-7-8-16/h5-6,9,11,15-16H,4,7-8,10H2,1-3H3. The van der Waals surface area contributed by atoms with Crippen LogP contribution in [0.25, 0.3) is 0 Å². The number of benzene rings is 1. The Morgan fingerprint density at radius 3 is 2.72 bits per heavy atom. The van der Waals surface area contributed by atoms with Crippen LogP contribution < -0.4 is 14.8 Å². The van der Waals surface area contributed by atoms with E-state index >= 15 is 0 Å². The fraction of sp³-hybridized carbons (Fsp3) is 0.571. The lowest BCUT2D eigenvalue weighted by Crippen LogP contribution is -2.17. The summed E-state index contributed by atoms with van der Waals surface area (Å²) in [5.74, 6) is 1.52. The van der Waals surface area contributed by atoms with Crippen molar-refractivity contribution in [2.24, 2.45) is 0 Å². The lowest BCUT2D eigenvalue weighted by atomic mass is 10.2. The Hall–Kier alpha value is -1.26. The summed E-state index contributed by atoms with van der Waals surface area (Å²) in [6.07, 6.45) is 1.14. The molecule has 0 spiro atoms. The monoisotopic (exact) mass is 253 g/mol. The van der Waals surface area contributed by atoms with Crippen LogP contribution in [0.5, 0.6) is 11.5 Å². The quantitative estimate of drug-likeness (QED) is 0.695. The van der Waals surface area contributed by atoms with Crippen LogP contribution in [0.4, 0.5) is 0 Å². The largest absolute Gasteiger partial charge is 0.493 e. The first-order valence-corrected chi connectivity index (χ1v) is 6.36. The SMILES string of the molecule is CCC(C)Oc1ccc(CNCCO)cc1OC. The van der Waals surface area contributed by atoms with Gasteiger partial charge in [-0.3, -0.25) is 0 Å². The van der Waals surface area contributed by atoms with E-state index in [0.29, 0.717) is 13.1 Å². The van der Waals surface area contributed by atoms with E-state index in [1.165, 1.54) is 0 Å². The van der Waals surface area contributed by atoms with Crippen LogP contribution in [0.3, 0.4) is 0 Å². The fourth-order valence-electron chi connectivity index (χ4n) is 1.53. The van der Waals surface area contributed by atoms with Gasteiger partial charge in [0.1, 0.15) is 0 Å². The van der Waals surface area contributed by atoms with Gasteiger partial charge in [-0.05, 0) is 31.0 Å². The molecular weight excluding hydrogens is 230 g/mol. The Bertz CT molecular complexity index is 355. The van der Waals surface area contributed by atoms with E-state index < -0.39 is 0 Å². The Labute approximate surface area is 109 Å².